The Kier molecular flexibility index (Phi) is 8.45. The van der Waals surface area contributed by atoms with Gasteiger partial charge in [0.25, 0.3) is 0 Å². The summed E-state index contributed by atoms with van der Waals surface area (Å²) < 4.78 is 2.40. The van der Waals surface area contributed by atoms with Gasteiger partial charge in [-0.2, -0.15) is 0 Å². The molecular formula is C53H40N4. The first kappa shape index (κ1) is 34.2. The van der Waals surface area contributed by atoms with E-state index in [9.17, 15) is 0 Å². The van der Waals surface area contributed by atoms with Crippen LogP contribution in [-0.4, -0.2) is 14.5 Å². The number of para-hydroxylation sites is 2. The summed E-state index contributed by atoms with van der Waals surface area (Å²) in [6, 6.07) is 63.0. The van der Waals surface area contributed by atoms with Crippen LogP contribution in [0.15, 0.2) is 188 Å². The topological polar surface area (TPSA) is 34.0 Å². The lowest BCUT2D eigenvalue weighted by Gasteiger charge is -2.30. The Morgan fingerprint density at radius 1 is 0.421 bits per heavy atom. The number of benzene rings is 7. The van der Waals surface area contributed by atoms with E-state index >= 15 is 0 Å². The summed E-state index contributed by atoms with van der Waals surface area (Å²) in [5.74, 6) is 0. The lowest BCUT2D eigenvalue weighted by atomic mass is 9.99. The molecule has 0 bridgehead atoms. The summed E-state index contributed by atoms with van der Waals surface area (Å²) >= 11 is 0. The van der Waals surface area contributed by atoms with Crippen LogP contribution >= 0.6 is 0 Å². The molecule has 57 heavy (non-hydrogen) atoms. The Hall–Kier alpha value is -7.30. The minimum Gasteiger partial charge on any atom is -0.310 e. The van der Waals surface area contributed by atoms with Gasteiger partial charge in [0.15, 0.2) is 0 Å². The summed E-state index contributed by atoms with van der Waals surface area (Å²) in [6.07, 6.45) is 3.96. The highest BCUT2D eigenvalue weighted by molar-refractivity contribution is 6.09. The van der Waals surface area contributed by atoms with Crippen LogP contribution in [0.25, 0.3) is 71.9 Å². The van der Waals surface area contributed by atoms with Gasteiger partial charge in [-0.05, 0) is 115 Å². The molecule has 7 aromatic carbocycles. The predicted octanol–water partition coefficient (Wildman–Crippen LogP) is 14.1. The van der Waals surface area contributed by atoms with Crippen molar-refractivity contribution in [2.75, 3.05) is 4.90 Å². The molecule has 0 saturated heterocycles. The number of nitrogens with zero attached hydrogens (tertiary/aromatic N) is 4. The van der Waals surface area contributed by atoms with Gasteiger partial charge in [0.2, 0.25) is 0 Å². The van der Waals surface area contributed by atoms with E-state index in [1.54, 1.807) is 0 Å². The largest absolute Gasteiger partial charge is 0.310 e. The Balaban J connectivity index is 1.15. The summed E-state index contributed by atoms with van der Waals surface area (Å²) in [6.45, 7) is 6.60. The maximum atomic E-state index is 4.95. The van der Waals surface area contributed by atoms with Crippen molar-refractivity contribution in [2.24, 2.45) is 0 Å². The van der Waals surface area contributed by atoms with Crippen LogP contribution in [0.3, 0.4) is 0 Å². The molecular weight excluding hydrogens is 693 g/mol. The van der Waals surface area contributed by atoms with Gasteiger partial charge in [-0.25, -0.2) is 0 Å². The molecule has 0 amide bonds. The van der Waals surface area contributed by atoms with Gasteiger partial charge in [-0.3, -0.25) is 9.97 Å². The molecule has 0 saturated carbocycles. The molecule has 0 spiro atoms. The van der Waals surface area contributed by atoms with Crippen LogP contribution < -0.4 is 4.90 Å². The number of pyridine rings is 2. The van der Waals surface area contributed by atoms with Crippen LogP contribution in [0.2, 0.25) is 0 Å². The van der Waals surface area contributed by atoms with Gasteiger partial charge < -0.3 is 9.47 Å². The van der Waals surface area contributed by atoms with E-state index < -0.39 is 0 Å². The second-order valence-electron chi connectivity index (χ2n) is 14.9. The molecule has 0 unspecified atom stereocenters. The lowest BCUT2D eigenvalue weighted by molar-refractivity contribution is 1.14. The van der Waals surface area contributed by atoms with Crippen LogP contribution in [0.1, 0.15) is 16.7 Å². The Bertz CT molecular complexity index is 3050. The van der Waals surface area contributed by atoms with Crippen LogP contribution in [0, 0.1) is 20.8 Å². The Morgan fingerprint density at radius 2 is 0.947 bits per heavy atom. The maximum absolute atomic E-state index is 4.95. The number of aryl methyl sites for hydroxylation is 3. The first-order valence-corrected chi connectivity index (χ1v) is 19.5. The monoisotopic (exact) mass is 732 g/mol. The van der Waals surface area contributed by atoms with E-state index in [4.69, 9.17) is 9.97 Å². The van der Waals surface area contributed by atoms with Crippen LogP contribution in [0.5, 0.6) is 0 Å². The first-order chi connectivity index (χ1) is 28.0. The third kappa shape index (κ3) is 6.12. The van der Waals surface area contributed by atoms with Crippen LogP contribution in [-0.2, 0) is 0 Å². The number of rotatable bonds is 7. The van der Waals surface area contributed by atoms with Crippen molar-refractivity contribution < 1.29 is 0 Å². The zero-order chi connectivity index (χ0) is 38.5. The first-order valence-electron chi connectivity index (χ1n) is 19.5. The SMILES string of the molecule is Cc1cnc(-c2cccc(N(c3cccc(-c4cc5ccccc5cn4)c3)c3c(C)cc(-n4c5ccccc5c5ccccc54)cc3C)c2)cc1-c1ccccc1. The third-order valence-corrected chi connectivity index (χ3v) is 11.2. The number of fused-ring (bicyclic) bond motifs is 4. The standard InChI is InChI=1S/C53H40N4/c1-35-27-45(57-51-25-11-9-23-46(51)47-24-10-12-26-52(47)57)28-36(2)53(35)56(43-21-13-19-40(29-43)49-31-39-17-7-8-18-42(39)34-55-49)44-22-14-20-41(30-44)50-32-48(37(3)33-54-50)38-15-5-4-6-16-38/h4-34H,1-3H3. The van der Waals surface area contributed by atoms with E-state index in [1.165, 1.54) is 49.4 Å². The molecule has 0 fully saturated rings. The lowest BCUT2D eigenvalue weighted by Crippen LogP contribution is -2.14. The highest BCUT2D eigenvalue weighted by Gasteiger charge is 2.21. The van der Waals surface area contributed by atoms with Gasteiger partial charge in [0.05, 0.1) is 28.1 Å². The van der Waals surface area contributed by atoms with E-state index in [-0.39, 0.29) is 0 Å². The third-order valence-electron chi connectivity index (χ3n) is 11.2. The summed E-state index contributed by atoms with van der Waals surface area (Å²) in [5.41, 5.74) is 16.6. The average Bonchev–Trinajstić information content (AvgIpc) is 3.60. The second kappa shape index (κ2) is 14.1. The van der Waals surface area contributed by atoms with E-state index in [0.717, 1.165) is 56.2 Å². The normalized spacial score (nSPS) is 11.4. The van der Waals surface area contributed by atoms with Crippen molar-refractivity contribution in [1.29, 1.82) is 0 Å². The highest BCUT2D eigenvalue weighted by Crippen LogP contribution is 2.43. The van der Waals surface area contributed by atoms with Gasteiger partial charge >= 0.3 is 0 Å². The Labute approximate surface area is 333 Å². The quantitative estimate of drug-likeness (QED) is 0.164. The molecule has 10 aromatic rings. The summed E-state index contributed by atoms with van der Waals surface area (Å²) in [7, 11) is 0. The van der Waals surface area contributed by atoms with Crippen molar-refractivity contribution in [3.05, 3.63) is 205 Å². The van der Waals surface area contributed by atoms with Crippen molar-refractivity contribution in [2.45, 2.75) is 20.8 Å². The molecule has 0 aliphatic heterocycles. The molecule has 0 atom stereocenters. The van der Waals surface area contributed by atoms with Gasteiger partial charge in [-0.15, -0.1) is 0 Å². The fraction of sp³-hybridized carbons (Fsp3) is 0.0566. The zero-order valence-corrected chi connectivity index (χ0v) is 32.2. The molecule has 0 N–H and O–H groups in total. The zero-order valence-electron chi connectivity index (χ0n) is 32.2. The van der Waals surface area contributed by atoms with Crippen LogP contribution in [0.4, 0.5) is 17.1 Å². The smallest absolute Gasteiger partial charge is 0.0709 e. The molecule has 3 aromatic heterocycles. The highest BCUT2D eigenvalue weighted by atomic mass is 15.1. The maximum Gasteiger partial charge on any atom is 0.0709 e. The molecule has 3 heterocycles. The van der Waals surface area contributed by atoms with Gasteiger partial charge in [0.1, 0.15) is 0 Å². The fourth-order valence-electron chi connectivity index (χ4n) is 8.48. The minimum absolute atomic E-state index is 0.936. The molecule has 4 nitrogen and oxygen atoms in total. The minimum atomic E-state index is 0.936. The number of aromatic nitrogens is 3. The van der Waals surface area contributed by atoms with Crippen molar-refractivity contribution in [3.63, 3.8) is 0 Å². The van der Waals surface area contributed by atoms with Gasteiger partial charge in [0, 0.05) is 56.7 Å². The molecule has 0 aliphatic carbocycles. The molecule has 272 valence electrons. The Morgan fingerprint density at radius 3 is 1.60 bits per heavy atom. The van der Waals surface area contributed by atoms with Gasteiger partial charge in [-0.1, -0.05) is 115 Å². The number of hydrogen-bond donors (Lipinski definition) is 0. The number of hydrogen-bond acceptors (Lipinski definition) is 3. The summed E-state index contributed by atoms with van der Waals surface area (Å²) in [5, 5.41) is 4.81. The molecule has 0 aliphatic rings. The molecule has 10 rings (SSSR count). The predicted molar refractivity (Wildman–Crippen MR) is 239 cm³/mol. The molecule has 0 radical (unpaired) electrons. The van der Waals surface area contributed by atoms with Crippen molar-refractivity contribution in [3.8, 4) is 39.3 Å². The van der Waals surface area contributed by atoms with E-state index in [0.29, 0.717) is 0 Å². The van der Waals surface area contributed by atoms with E-state index in [1.807, 2.05) is 12.4 Å². The second-order valence-corrected chi connectivity index (χ2v) is 14.9. The van der Waals surface area contributed by atoms with E-state index in [2.05, 4.69) is 206 Å². The molecule has 4 heteroatoms. The number of anilines is 3. The van der Waals surface area contributed by atoms with Crippen molar-refractivity contribution in [1.82, 2.24) is 14.5 Å². The van der Waals surface area contributed by atoms with Crippen molar-refractivity contribution >= 4 is 49.6 Å². The fourth-order valence-corrected chi connectivity index (χ4v) is 8.48. The summed E-state index contributed by atoms with van der Waals surface area (Å²) in [4.78, 5) is 12.3. The average molecular weight is 733 g/mol.